The van der Waals surface area contributed by atoms with Crippen LogP contribution < -0.4 is 0 Å². The summed E-state index contributed by atoms with van der Waals surface area (Å²) in [7, 11) is 4.38. The number of fused-ring (bicyclic) bond motifs is 1. The van der Waals surface area contributed by atoms with E-state index in [-0.39, 0.29) is 0 Å². The topological polar surface area (TPSA) is 23.4 Å². The largest absolute Gasteiger partial charge is 0.361 e. The fourth-order valence-corrected chi connectivity index (χ4v) is 3.62. The molecule has 1 aromatic carbocycles. The van der Waals surface area contributed by atoms with E-state index >= 15 is 0 Å². The highest BCUT2D eigenvalue weighted by atomic mass is 15.1. The molecule has 3 nitrogen and oxygen atoms in total. The number of H-pyrrole nitrogens is 1. The van der Waals surface area contributed by atoms with Gasteiger partial charge in [-0.25, -0.2) is 4.85 Å². The van der Waals surface area contributed by atoms with Crippen molar-refractivity contribution in [3.05, 3.63) is 41.4 Å². The number of aromatic amines is 1. The van der Waals surface area contributed by atoms with E-state index in [2.05, 4.69) is 35.0 Å². The van der Waals surface area contributed by atoms with Gasteiger partial charge in [0.1, 0.15) is 0 Å². The van der Waals surface area contributed by atoms with Crippen LogP contribution in [0.15, 0.2) is 24.4 Å². The summed E-state index contributed by atoms with van der Waals surface area (Å²) in [6, 6.07) is 6.62. The summed E-state index contributed by atoms with van der Waals surface area (Å²) >= 11 is 0. The van der Waals surface area contributed by atoms with Gasteiger partial charge in [-0.1, -0.05) is 12.5 Å². The molecule has 2 aromatic rings. The molecule has 1 aliphatic rings. The van der Waals surface area contributed by atoms with Gasteiger partial charge >= 0.3 is 0 Å². The van der Waals surface area contributed by atoms with Crippen LogP contribution >= 0.6 is 0 Å². The molecule has 0 saturated heterocycles. The van der Waals surface area contributed by atoms with Crippen molar-refractivity contribution in [2.24, 2.45) is 5.92 Å². The van der Waals surface area contributed by atoms with Crippen molar-refractivity contribution >= 4 is 16.6 Å². The first-order valence-corrected chi connectivity index (χ1v) is 7.33. The van der Waals surface area contributed by atoms with E-state index in [0.29, 0.717) is 6.04 Å². The Hall–Kier alpha value is -1.79. The number of hydrogen-bond donors (Lipinski definition) is 1. The van der Waals surface area contributed by atoms with Crippen molar-refractivity contribution in [1.29, 1.82) is 0 Å². The van der Waals surface area contributed by atoms with Crippen molar-refractivity contribution in [2.75, 3.05) is 14.1 Å². The Bertz CT molecular complexity index is 648. The molecule has 0 spiro atoms. The highest BCUT2D eigenvalue weighted by molar-refractivity contribution is 5.86. The first kappa shape index (κ1) is 13.2. The van der Waals surface area contributed by atoms with Gasteiger partial charge in [-0.05, 0) is 62.4 Å². The standard InChI is InChI=1S/C17H21N3/c1-18-14-7-8-16-15(10-14)13(11-19-16)9-12-5-4-6-17(12)20(2)3/h7-8,10-12,17,19H,4-6,9H2,2-3H3. The SMILES string of the molecule is [C-]#[N+]c1ccc2[nH]cc(CC3CCCC3N(C)C)c2c1. The minimum atomic E-state index is 0.698. The van der Waals surface area contributed by atoms with Gasteiger partial charge in [-0.3, -0.25) is 0 Å². The summed E-state index contributed by atoms with van der Waals surface area (Å²) in [4.78, 5) is 9.26. The van der Waals surface area contributed by atoms with Crippen LogP contribution in [0.1, 0.15) is 24.8 Å². The molecular weight excluding hydrogens is 246 g/mol. The summed E-state index contributed by atoms with van der Waals surface area (Å²) in [5, 5.41) is 1.22. The normalized spacial score (nSPS) is 22.5. The van der Waals surface area contributed by atoms with Gasteiger partial charge in [-0.15, -0.1) is 0 Å². The molecule has 0 radical (unpaired) electrons. The monoisotopic (exact) mass is 267 g/mol. The molecule has 1 saturated carbocycles. The molecule has 3 rings (SSSR count). The van der Waals surface area contributed by atoms with Crippen molar-refractivity contribution in [2.45, 2.75) is 31.7 Å². The number of hydrogen-bond acceptors (Lipinski definition) is 1. The zero-order chi connectivity index (χ0) is 14.1. The predicted molar refractivity (Wildman–Crippen MR) is 83.1 cm³/mol. The summed E-state index contributed by atoms with van der Waals surface area (Å²) in [5.74, 6) is 0.737. The second kappa shape index (κ2) is 5.30. The van der Waals surface area contributed by atoms with Gasteiger partial charge in [0.15, 0.2) is 5.69 Å². The van der Waals surface area contributed by atoms with Crippen LogP contribution in [0.5, 0.6) is 0 Å². The predicted octanol–water partition coefficient (Wildman–Crippen LogP) is 3.99. The lowest BCUT2D eigenvalue weighted by Gasteiger charge is -2.26. The van der Waals surface area contributed by atoms with Crippen LogP contribution in [0, 0.1) is 12.5 Å². The van der Waals surface area contributed by atoms with Crippen LogP contribution in [0.2, 0.25) is 0 Å². The van der Waals surface area contributed by atoms with Crippen LogP contribution in [-0.4, -0.2) is 30.0 Å². The molecule has 20 heavy (non-hydrogen) atoms. The number of nitrogens with zero attached hydrogens (tertiary/aromatic N) is 2. The van der Waals surface area contributed by atoms with E-state index in [1.165, 1.54) is 30.2 Å². The lowest BCUT2D eigenvalue weighted by atomic mass is 9.94. The highest BCUT2D eigenvalue weighted by Crippen LogP contribution is 2.34. The van der Waals surface area contributed by atoms with Crippen LogP contribution in [0.4, 0.5) is 5.69 Å². The molecular formula is C17H21N3. The average Bonchev–Trinajstić information content (AvgIpc) is 3.06. The molecule has 1 aliphatic carbocycles. The van der Waals surface area contributed by atoms with Gasteiger partial charge < -0.3 is 9.88 Å². The molecule has 1 aromatic heterocycles. The summed E-state index contributed by atoms with van der Waals surface area (Å²) in [6.45, 7) is 7.16. The van der Waals surface area contributed by atoms with Crippen molar-refractivity contribution in [1.82, 2.24) is 9.88 Å². The second-order valence-corrected chi connectivity index (χ2v) is 6.08. The lowest BCUT2D eigenvalue weighted by Crippen LogP contribution is -2.32. The van der Waals surface area contributed by atoms with Crippen molar-refractivity contribution in [3.8, 4) is 0 Å². The molecule has 0 amide bonds. The Morgan fingerprint density at radius 1 is 1.35 bits per heavy atom. The van der Waals surface area contributed by atoms with E-state index < -0.39 is 0 Å². The van der Waals surface area contributed by atoms with Gasteiger partial charge in [0.25, 0.3) is 0 Å². The Morgan fingerprint density at radius 3 is 2.95 bits per heavy atom. The Labute approximate surface area is 120 Å². The molecule has 1 heterocycles. The van der Waals surface area contributed by atoms with Crippen LogP contribution in [-0.2, 0) is 6.42 Å². The van der Waals surface area contributed by atoms with Gasteiger partial charge in [0.05, 0.1) is 6.57 Å². The van der Waals surface area contributed by atoms with E-state index in [1.54, 1.807) is 0 Å². The zero-order valence-corrected chi connectivity index (χ0v) is 12.2. The maximum Gasteiger partial charge on any atom is 0.187 e. The highest BCUT2D eigenvalue weighted by Gasteiger charge is 2.29. The first-order valence-electron chi connectivity index (χ1n) is 7.33. The molecule has 1 fully saturated rings. The maximum absolute atomic E-state index is 7.16. The third-order valence-electron chi connectivity index (χ3n) is 4.64. The first-order chi connectivity index (χ1) is 9.69. The molecule has 3 heteroatoms. The van der Waals surface area contributed by atoms with E-state index in [9.17, 15) is 0 Å². The Kier molecular flexibility index (Phi) is 3.50. The third kappa shape index (κ3) is 2.32. The number of nitrogens with one attached hydrogen (secondary N) is 1. The number of aromatic nitrogens is 1. The lowest BCUT2D eigenvalue weighted by molar-refractivity contribution is 0.237. The zero-order valence-electron chi connectivity index (χ0n) is 12.2. The fraction of sp³-hybridized carbons (Fsp3) is 0.471. The fourth-order valence-electron chi connectivity index (χ4n) is 3.62. The Morgan fingerprint density at radius 2 is 2.20 bits per heavy atom. The Balaban J connectivity index is 1.89. The minimum Gasteiger partial charge on any atom is -0.361 e. The second-order valence-electron chi connectivity index (χ2n) is 6.08. The van der Waals surface area contributed by atoms with E-state index in [0.717, 1.165) is 23.5 Å². The molecule has 2 unspecified atom stereocenters. The van der Waals surface area contributed by atoms with Crippen molar-refractivity contribution in [3.63, 3.8) is 0 Å². The van der Waals surface area contributed by atoms with Gasteiger partial charge in [0, 0.05) is 17.8 Å². The van der Waals surface area contributed by atoms with Gasteiger partial charge in [-0.2, -0.15) is 0 Å². The summed E-state index contributed by atoms with van der Waals surface area (Å²) in [6.07, 6.45) is 7.21. The van der Waals surface area contributed by atoms with E-state index in [1.807, 2.05) is 18.2 Å². The molecule has 0 aliphatic heterocycles. The smallest absolute Gasteiger partial charge is 0.187 e. The molecule has 104 valence electrons. The van der Waals surface area contributed by atoms with Gasteiger partial charge in [0.2, 0.25) is 0 Å². The average molecular weight is 267 g/mol. The third-order valence-corrected chi connectivity index (χ3v) is 4.64. The molecule has 1 N–H and O–H groups in total. The number of rotatable bonds is 3. The number of benzene rings is 1. The maximum atomic E-state index is 7.16. The molecule has 0 bridgehead atoms. The van der Waals surface area contributed by atoms with Crippen LogP contribution in [0.25, 0.3) is 15.7 Å². The quantitative estimate of drug-likeness (QED) is 0.835. The van der Waals surface area contributed by atoms with Crippen LogP contribution in [0.3, 0.4) is 0 Å². The summed E-state index contributed by atoms with van der Waals surface area (Å²) < 4.78 is 0. The van der Waals surface area contributed by atoms with E-state index in [4.69, 9.17) is 6.57 Å². The minimum absolute atomic E-state index is 0.698. The molecule has 2 atom stereocenters. The summed E-state index contributed by atoms with van der Waals surface area (Å²) in [5.41, 5.74) is 3.24. The van der Waals surface area contributed by atoms with Crippen molar-refractivity contribution < 1.29 is 0 Å².